The fraction of sp³-hybridized carbons (Fsp3) is 0.933. The summed E-state index contributed by atoms with van der Waals surface area (Å²) in [5.41, 5.74) is 0. The van der Waals surface area contributed by atoms with E-state index in [-0.39, 0.29) is 36.0 Å². The van der Waals surface area contributed by atoms with Gasteiger partial charge in [0.25, 0.3) is 0 Å². The molecular weight excluding hydrogens is 249 g/mol. The number of carboxylic acid groups (broad SMARTS) is 1. The summed E-state index contributed by atoms with van der Waals surface area (Å²) in [5, 5.41) is 11.6. The molecule has 0 aromatic rings. The quantitative estimate of drug-likeness (QED) is 0.379. The predicted octanol–water partition coefficient (Wildman–Crippen LogP) is 3.32. The number of hydrogen-bond donors (Lipinski definition) is 2. The fourth-order valence-electron chi connectivity index (χ4n) is 2.06. The topological polar surface area (TPSA) is 49.3 Å². The summed E-state index contributed by atoms with van der Waals surface area (Å²) in [4.78, 5) is 10.3. The van der Waals surface area contributed by atoms with Crippen molar-refractivity contribution in [3.05, 3.63) is 0 Å². The first-order valence-electron chi connectivity index (χ1n) is 7.70. The Bertz CT molecular complexity index is 189. The van der Waals surface area contributed by atoms with Gasteiger partial charge >= 0.3 is 35.5 Å². The predicted molar refractivity (Wildman–Crippen MR) is 84.1 cm³/mol. The van der Waals surface area contributed by atoms with E-state index >= 15 is 0 Å². The fourth-order valence-corrected chi connectivity index (χ4v) is 2.06. The second kappa shape index (κ2) is 18.4. The zero-order chi connectivity index (χ0) is 13.5. The van der Waals surface area contributed by atoms with Crippen LogP contribution >= 0.6 is 0 Å². The molecule has 0 saturated heterocycles. The minimum absolute atomic E-state index is 0. The van der Waals surface area contributed by atoms with Crippen LogP contribution in [0.2, 0.25) is 0 Å². The number of rotatable bonds is 14. The summed E-state index contributed by atoms with van der Waals surface area (Å²) in [6.45, 7) is 3.82. The van der Waals surface area contributed by atoms with E-state index < -0.39 is 5.97 Å². The molecule has 0 heterocycles. The zero-order valence-corrected chi connectivity index (χ0v) is 12.0. The summed E-state index contributed by atoms with van der Waals surface area (Å²) < 4.78 is 0. The van der Waals surface area contributed by atoms with Gasteiger partial charge in [0.05, 0.1) is 6.42 Å². The van der Waals surface area contributed by atoms with Crippen LogP contribution in [0.5, 0.6) is 0 Å². The maximum absolute atomic E-state index is 10.3. The van der Waals surface area contributed by atoms with Crippen LogP contribution < -0.4 is 5.32 Å². The van der Waals surface area contributed by atoms with Crippen molar-refractivity contribution in [1.82, 2.24) is 5.32 Å². The molecule has 0 aliphatic heterocycles. The Morgan fingerprint density at radius 3 is 1.79 bits per heavy atom. The van der Waals surface area contributed by atoms with Gasteiger partial charge in [-0.1, -0.05) is 64.7 Å². The van der Waals surface area contributed by atoms with E-state index in [4.69, 9.17) is 5.11 Å². The second-order valence-electron chi connectivity index (χ2n) is 5.08. The number of carboxylic acids is 1. The van der Waals surface area contributed by atoms with Crippen LogP contribution in [0, 0.1) is 0 Å². The second-order valence-corrected chi connectivity index (χ2v) is 5.08. The molecule has 0 saturated carbocycles. The molecule has 0 amide bonds. The van der Waals surface area contributed by atoms with Gasteiger partial charge in [0.1, 0.15) is 0 Å². The summed E-state index contributed by atoms with van der Waals surface area (Å²) in [6.07, 6.45) is 13.7. The molecule has 110 valence electrons. The van der Waals surface area contributed by atoms with E-state index in [1.54, 1.807) is 0 Å². The summed E-state index contributed by atoms with van der Waals surface area (Å²) in [7, 11) is 0. The molecule has 2 N–H and O–H groups in total. The van der Waals surface area contributed by atoms with Crippen molar-refractivity contribution in [2.45, 2.75) is 77.6 Å². The molecule has 0 spiro atoms. The van der Waals surface area contributed by atoms with Crippen LogP contribution in [-0.2, 0) is 4.79 Å². The summed E-state index contributed by atoms with van der Waals surface area (Å²) in [6, 6.07) is 0. The number of hydrogen-bond acceptors (Lipinski definition) is 2. The Morgan fingerprint density at radius 2 is 1.32 bits per heavy atom. The Morgan fingerprint density at radius 1 is 0.842 bits per heavy atom. The van der Waals surface area contributed by atoms with Crippen LogP contribution in [0.3, 0.4) is 0 Å². The van der Waals surface area contributed by atoms with E-state index in [0.29, 0.717) is 6.54 Å². The van der Waals surface area contributed by atoms with E-state index in [1.165, 1.54) is 64.2 Å². The van der Waals surface area contributed by atoms with Crippen LogP contribution in [0.4, 0.5) is 0 Å². The average Bonchev–Trinajstić information content (AvgIpc) is 2.34. The third kappa shape index (κ3) is 20.9. The van der Waals surface area contributed by atoms with Crippen molar-refractivity contribution >= 4 is 35.5 Å². The Kier molecular flexibility index (Phi) is 21.1. The molecule has 0 rings (SSSR count). The van der Waals surface area contributed by atoms with E-state index in [9.17, 15) is 4.79 Å². The van der Waals surface area contributed by atoms with Gasteiger partial charge in [-0.3, -0.25) is 4.79 Å². The van der Waals surface area contributed by atoms with Crippen LogP contribution in [0.15, 0.2) is 0 Å². The Balaban J connectivity index is 0. The summed E-state index contributed by atoms with van der Waals surface area (Å²) >= 11 is 0. The number of nitrogens with one attached hydrogen (secondary N) is 1. The van der Waals surface area contributed by atoms with Gasteiger partial charge in [0, 0.05) is 6.54 Å². The van der Waals surface area contributed by atoms with Gasteiger partial charge in [-0.25, -0.2) is 0 Å². The minimum atomic E-state index is -0.717. The Hall–Kier alpha value is 0.430. The molecule has 0 unspecified atom stereocenters. The number of carbonyl (C=O) groups is 1. The first-order valence-corrected chi connectivity index (χ1v) is 7.70. The van der Waals surface area contributed by atoms with Crippen LogP contribution in [0.1, 0.15) is 77.6 Å². The van der Waals surface area contributed by atoms with Crippen molar-refractivity contribution in [1.29, 1.82) is 0 Å². The van der Waals surface area contributed by atoms with Crippen LogP contribution in [0.25, 0.3) is 0 Å². The molecule has 0 aromatic carbocycles. The third-order valence-electron chi connectivity index (χ3n) is 3.22. The van der Waals surface area contributed by atoms with E-state index in [2.05, 4.69) is 12.2 Å². The maximum atomic E-state index is 10.3. The van der Waals surface area contributed by atoms with E-state index in [0.717, 1.165) is 6.54 Å². The van der Waals surface area contributed by atoms with Crippen LogP contribution in [-0.4, -0.2) is 53.7 Å². The molecule has 0 bridgehead atoms. The van der Waals surface area contributed by atoms with Crippen molar-refractivity contribution in [3.63, 3.8) is 0 Å². The standard InChI is InChI=1S/C15H31NO2.Na.H/c1-2-3-4-5-6-7-8-9-10-11-13-16-14-12-15(17)18;;/h16H,2-14H2,1H3,(H,17,18);;. The molecule has 0 aromatic heterocycles. The number of aliphatic carboxylic acids is 1. The van der Waals surface area contributed by atoms with Gasteiger partial charge < -0.3 is 10.4 Å². The molecule has 19 heavy (non-hydrogen) atoms. The zero-order valence-electron chi connectivity index (χ0n) is 12.0. The van der Waals surface area contributed by atoms with Gasteiger partial charge in [0.15, 0.2) is 0 Å². The van der Waals surface area contributed by atoms with Gasteiger partial charge in [-0.2, -0.15) is 0 Å². The molecule has 0 fully saturated rings. The van der Waals surface area contributed by atoms with Crippen molar-refractivity contribution in [2.75, 3.05) is 13.1 Å². The third-order valence-corrected chi connectivity index (χ3v) is 3.22. The monoisotopic (exact) mass is 281 g/mol. The number of unbranched alkanes of at least 4 members (excludes halogenated alkanes) is 9. The Labute approximate surface area is 141 Å². The summed E-state index contributed by atoms with van der Waals surface area (Å²) in [5.74, 6) is -0.717. The van der Waals surface area contributed by atoms with Crippen molar-refractivity contribution < 1.29 is 9.90 Å². The normalized spacial score (nSPS) is 10.2. The van der Waals surface area contributed by atoms with Crippen molar-refractivity contribution in [3.8, 4) is 0 Å². The van der Waals surface area contributed by atoms with Gasteiger partial charge in [-0.15, -0.1) is 0 Å². The van der Waals surface area contributed by atoms with Gasteiger partial charge in [-0.05, 0) is 13.0 Å². The van der Waals surface area contributed by atoms with Crippen molar-refractivity contribution in [2.24, 2.45) is 0 Å². The molecule has 0 radical (unpaired) electrons. The first kappa shape index (κ1) is 21.7. The average molecular weight is 281 g/mol. The SMILES string of the molecule is CCCCCCCCCCCCNCCC(=O)O.[NaH]. The molecule has 0 aliphatic rings. The molecule has 0 atom stereocenters. The molecular formula is C15H32NNaO2. The molecule has 3 nitrogen and oxygen atoms in total. The van der Waals surface area contributed by atoms with E-state index in [1.807, 2.05) is 0 Å². The first-order chi connectivity index (χ1) is 8.77. The van der Waals surface area contributed by atoms with Gasteiger partial charge in [0.2, 0.25) is 0 Å². The molecule has 4 heteroatoms. The molecule has 0 aliphatic carbocycles.